The number of rotatable bonds is 1. The molecule has 0 saturated carbocycles. The zero-order chi connectivity index (χ0) is 11.7. The van der Waals surface area contributed by atoms with Crippen molar-refractivity contribution in [3.05, 3.63) is 57.8 Å². The third-order valence-corrected chi connectivity index (χ3v) is 2.81. The summed E-state index contributed by atoms with van der Waals surface area (Å²) in [5.74, 6) is -0.265. The highest BCUT2D eigenvalue weighted by atomic mass is 35.5. The lowest BCUT2D eigenvalue weighted by Crippen LogP contribution is -1.88. The van der Waals surface area contributed by atoms with Crippen LogP contribution in [0.4, 0.5) is 4.39 Å². The molecule has 3 heteroatoms. The van der Waals surface area contributed by atoms with Gasteiger partial charge in [0.05, 0.1) is 0 Å². The summed E-state index contributed by atoms with van der Waals surface area (Å²) < 4.78 is 13.7. The van der Waals surface area contributed by atoms with Crippen molar-refractivity contribution in [1.29, 1.82) is 0 Å². The number of benzene rings is 2. The van der Waals surface area contributed by atoms with E-state index in [0.29, 0.717) is 21.2 Å². The predicted molar refractivity (Wildman–Crippen MR) is 66.6 cm³/mol. The molecule has 2 rings (SSSR count). The topological polar surface area (TPSA) is 0 Å². The Kier molecular flexibility index (Phi) is 3.17. The quantitative estimate of drug-likeness (QED) is 0.664. The van der Waals surface area contributed by atoms with Gasteiger partial charge in [0.1, 0.15) is 5.82 Å². The first-order valence-electron chi connectivity index (χ1n) is 4.79. The van der Waals surface area contributed by atoms with Crippen molar-refractivity contribution in [3.63, 3.8) is 0 Å². The summed E-state index contributed by atoms with van der Waals surface area (Å²) in [5, 5.41) is 1.01. The van der Waals surface area contributed by atoms with Gasteiger partial charge in [0.25, 0.3) is 0 Å². The number of halogens is 3. The fourth-order valence-electron chi connectivity index (χ4n) is 1.70. The van der Waals surface area contributed by atoms with E-state index in [9.17, 15) is 4.39 Å². The van der Waals surface area contributed by atoms with E-state index in [1.54, 1.807) is 24.3 Å². The van der Waals surface area contributed by atoms with Gasteiger partial charge >= 0.3 is 0 Å². The number of hydrogen-bond donors (Lipinski definition) is 0. The molecule has 0 aromatic heterocycles. The standard InChI is InChI=1S/C13H9Cl2F/c1-8-3-2-4-12(16)13(8)9-5-10(14)7-11(15)6-9/h2-7H,1H3. The zero-order valence-electron chi connectivity index (χ0n) is 8.60. The van der Waals surface area contributed by atoms with Gasteiger partial charge in [-0.15, -0.1) is 0 Å². The maximum absolute atomic E-state index is 13.7. The summed E-state index contributed by atoms with van der Waals surface area (Å²) in [5.41, 5.74) is 2.11. The van der Waals surface area contributed by atoms with E-state index >= 15 is 0 Å². The van der Waals surface area contributed by atoms with Crippen molar-refractivity contribution in [3.8, 4) is 11.1 Å². The van der Waals surface area contributed by atoms with Crippen molar-refractivity contribution >= 4 is 23.2 Å². The molecule has 0 unspecified atom stereocenters. The van der Waals surface area contributed by atoms with Crippen LogP contribution in [0.1, 0.15) is 5.56 Å². The van der Waals surface area contributed by atoms with Gasteiger partial charge in [0, 0.05) is 15.6 Å². The van der Waals surface area contributed by atoms with Crippen LogP contribution in [-0.4, -0.2) is 0 Å². The van der Waals surface area contributed by atoms with Crippen LogP contribution in [0.25, 0.3) is 11.1 Å². The Morgan fingerprint density at radius 3 is 2.19 bits per heavy atom. The minimum Gasteiger partial charge on any atom is -0.206 e. The van der Waals surface area contributed by atoms with Gasteiger partial charge in [-0.3, -0.25) is 0 Å². The van der Waals surface area contributed by atoms with Crippen molar-refractivity contribution in [2.24, 2.45) is 0 Å². The Morgan fingerprint density at radius 2 is 1.62 bits per heavy atom. The molecule has 0 radical (unpaired) electrons. The molecule has 2 aromatic rings. The van der Waals surface area contributed by atoms with E-state index in [1.165, 1.54) is 6.07 Å². The lowest BCUT2D eigenvalue weighted by Gasteiger charge is -2.08. The van der Waals surface area contributed by atoms with Crippen molar-refractivity contribution in [1.82, 2.24) is 0 Å². The Bertz CT molecular complexity index is 495. The fourth-order valence-corrected chi connectivity index (χ4v) is 2.22. The minimum atomic E-state index is -0.265. The van der Waals surface area contributed by atoms with Crippen LogP contribution in [-0.2, 0) is 0 Å². The second-order valence-corrected chi connectivity index (χ2v) is 4.46. The summed E-state index contributed by atoms with van der Waals surface area (Å²) in [6.45, 7) is 1.85. The molecule has 0 N–H and O–H groups in total. The molecule has 0 nitrogen and oxygen atoms in total. The summed E-state index contributed by atoms with van der Waals surface area (Å²) in [4.78, 5) is 0. The second kappa shape index (κ2) is 4.44. The average Bonchev–Trinajstić information content (AvgIpc) is 2.15. The highest BCUT2D eigenvalue weighted by molar-refractivity contribution is 6.35. The Hall–Kier alpha value is -1.05. The molecule has 0 heterocycles. The van der Waals surface area contributed by atoms with E-state index in [0.717, 1.165) is 5.56 Å². The van der Waals surface area contributed by atoms with Crippen molar-refractivity contribution in [2.45, 2.75) is 6.92 Å². The summed E-state index contributed by atoms with van der Waals surface area (Å²) >= 11 is 11.8. The molecule has 16 heavy (non-hydrogen) atoms. The molecule has 0 aliphatic rings. The molecule has 0 amide bonds. The lowest BCUT2D eigenvalue weighted by atomic mass is 10.0. The van der Waals surface area contributed by atoms with Crippen LogP contribution in [0, 0.1) is 12.7 Å². The lowest BCUT2D eigenvalue weighted by molar-refractivity contribution is 0.630. The van der Waals surface area contributed by atoms with Gasteiger partial charge < -0.3 is 0 Å². The summed E-state index contributed by atoms with van der Waals surface area (Å²) in [7, 11) is 0. The van der Waals surface area contributed by atoms with E-state index in [-0.39, 0.29) is 5.82 Å². The molecule has 0 aliphatic heterocycles. The molecule has 0 bridgehead atoms. The van der Waals surface area contributed by atoms with Gasteiger partial charge in [0.2, 0.25) is 0 Å². The monoisotopic (exact) mass is 254 g/mol. The summed E-state index contributed by atoms with van der Waals surface area (Å²) in [6.07, 6.45) is 0. The van der Waals surface area contributed by atoms with Gasteiger partial charge in [0.15, 0.2) is 0 Å². The van der Waals surface area contributed by atoms with Crippen LogP contribution in [0.5, 0.6) is 0 Å². The van der Waals surface area contributed by atoms with Crippen LogP contribution in [0.3, 0.4) is 0 Å². The molecule has 0 aliphatic carbocycles. The first kappa shape index (κ1) is 11.4. The Labute approximate surface area is 104 Å². The molecule has 82 valence electrons. The van der Waals surface area contributed by atoms with Gasteiger partial charge in [-0.1, -0.05) is 35.3 Å². The normalized spacial score (nSPS) is 10.5. The van der Waals surface area contributed by atoms with Crippen LogP contribution in [0.2, 0.25) is 10.0 Å². The van der Waals surface area contributed by atoms with Gasteiger partial charge in [-0.2, -0.15) is 0 Å². The van der Waals surface area contributed by atoms with E-state index in [4.69, 9.17) is 23.2 Å². The molecular weight excluding hydrogens is 246 g/mol. The number of hydrogen-bond acceptors (Lipinski definition) is 0. The second-order valence-electron chi connectivity index (χ2n) is 3.59. The molecule has 0 spiro atoms. The smallest absolute Gasteiger partial charge is 0.131 e. The highest BCUT2D eigenvalue weighted by Crippen LogP contribution is 2.31. The number of aryl methyl sites for hydroxylation is 1. The maximum Gasteiger partial charge on any atom is 0.131 e. The molecule has 0 saturated heterocycles. The third-order valence-electron chi connectivity index (χ3n) is 2.37. The molecule has 0 atom stereocenters. The Balaban J connectivity index is 2.67. The van der Waals surface area contributed by atoms with Crippen molar-refractivity contribution in [2.75, 3.05) is 0 Å². The molecular formula is C13H9Cl2F. The first-order valence-corrected chi connectivity index (χ1v) is 5.55. The predicted octanol–water partition coefficient (Wildman–Crippen LogP) is 5.11. The van der Waals surface area contributed by atoms with Crippen molar-refractivity contribution < 1.29 is 4.39 Å². The van der Waals surface area contributed by atoms with E-state index in [2.05, 4.69) is 0 Å². The van der Waals surface area contributed by atoms with Gasteiger partial charge in [-0.05, 0) is 42.3 Å². The first-order chi connectivity index (χ1) is 7.58. The average molecular weight is 255 g/mol. The van der Waals surface area contributed by atoms with E-state index < -0.39 is 0 Å². The summed E-state index contributed by atoms with van der Waals surface area (Å²) in [6, 6.07) is 10.0. The highest BCUT2D eigenvalue weighted by Gasteiger charge is 2.09. The molecule has 0 fully saturated rings. The van der Waals surface area contributed by atoms with E-state index in [1.807, 2.05) is 13.0 Å². The fraction of sp³-hybridized carbons (Fsp3) is 0.0769. The minimum absolute atomic E-state index is 0.265. The van der Waals surface area contributed by atoms with Crippen LogP contribution >= 0.6 is 23.2 Å². The van der Waals surface area contributed by atoms with Crippen LogP contribution in [0.15, 0.2) is 36.4 Å². The largest absolute Gasteiger partial charge is 0.206 e. The van der Waals surface area contributed by atoms with Crippen LogP contribution < -0.4 is 0 Å². The maximum atomic E-state index is 13.7. The SMILES string of the molecule is Cc1cccc(F)c1-c1cc(Cl)cc(Cl)c1. The zero-order valence-corrected chi connectivity index (χ0v) is 10.1. The van der Waals surface area contributed by atoms with Gasteiger partial charge in [-0.25, -0.2) is 4.39 Å². The third kappa shape index (κ3) is 2.21. The Morgan fingerprint density at radius 1 is 1.00 bits per heavy atom. The molecule has 2 aromatic carbocycles.